The standard InChI is InChI=1S/C27H23O5P.Li/c1-29-22-14-9-15-23(30-2)26(22)27(28)33-25-17-16-21(31-19-10-5-3-6-11-19)18-24(25)32-20-12-7-4-8-13-20;/h3-18,33H,1-2H3;/q;+1. The molecule has 0 saturated heterocycles. The predicted molar refractivity (Wildman–Crippen MR) is 131 cm³/mol. The maximum Gasteiger partial charge on any atom is 1.00 e. The van der Waals surface area contributed by atoms with E-state index in [0.717, 1.165) is 5.30 Å². The Hall–Kier alpha value is -3.22. The zero-order chi connectivity index (χ0) is 23.0. The number of carbonyl (C=O) groups excluding carboxylic acids is 1. The van der Waals surface area contributed by atoms with Gasteiger partial charge in [0.15, 0.2) is 5.52 Å². The van der Waals surface area contributed by atoms with Gasteiger partial charge in [0.2, 0.25) is 0 Å². The van der Waals surface area contributed by atoms with Crippen molar-refractivity contribution in [3.8, 4) is 34.5 Å². The molecule has 0 aromatic heterocycles. The Morgan fingerprint density at radius 3 is 1.74 bits per heavy atom. The number of carbonyl (C=O) groups is 1. The van der Waals surface area contributed by atoms with Crippen molar-refractivity contribution in [2.45, 2.75) is 0 Å². The molecule has 7 heteroatoms. The number of para-hydroxylation sites is 2. The van der Waals surface area contributed by atoms with Crippen LogP contribution in [-0.2, 0) is 0 Å². The largest absolute Gasteiger partial charge is 1.00 e. The molecule has 34 heavy (non-hydrogen) atoms. The summed E-state index contributed by atoms with van der Waals surface area (Å²) >= 11 is 0. The number of ether oxygens (including phenoxy) is 4. The Kier molecular flexibility index (Phi) is 9.19. The van der Waals surface area contributed by atoms with Crippen LogP contribution in [0.4, 0.5) is 0 Å². The van der Waals surface area contributed by atoms with Crippen molar-refractivity contribution in [2.24, 2.45) is 0 Å². The molecular formula is C27H23LiO5P+. The summed E-state index contributed by atoms with van der Waals surface area (Å²) in [6, 6.07) is 29.7. The molecule has 4 rings (SSSR count). The van der Waals surface area contributed by atoms with Crippen LogP contribution in [0.15, 0.2) is 97.1 Å². The van der Waals surface area contributed by atoms with Gasteiger partial charge in [0.05, 0.1) is 14.2 Å². The Balaban J connectivity index is 0.00000324. The van der Waals surface area contributed by atoms with Gasteiger partial charge in [0, 0.05) is 11.4 Å². The molecule has 0 bridgehead atoms. The minimum absolute atomic E-state index is 0. The Labute approximate surface area is 213 Å². The molecule has 0 aliphatic rings. The second-order valence-electron chi connectivity index (χ2n) is 6.98. The second-order valence-corrected chi connectivity index (χ2v) is 8.22. The van der Waals surface area contributed by atoms with Crippen LogP contribution in [0, 0.1) is 0 Å². The van der Waals surface area contributed by atoms with E-state index in [-0.39, 0.29) is 33.0 Å². The van der Waals surface area contributed by atoms with Gasteiger partial charge in [0.1, 0.15) is 40.1 Å². The summed E-state index contributed by atoms with van der Waals surface area (Å²) in [6.45, 7) is 0. The molecule has 4 aromatic rings. The van der Waals surface area contributed by atoms with E-state index in [0.29, 0.717) is 40.1 Å². The van der Waals surface area contributed by atoms with E-state index in [1.807, 2.05) is 72.8 Å². The average molecular weight is 465 g/mol. The van der Waals surface area contributed by atoms with Gasteiger partial charge < -0.3 is 18.9 Å². The van der Waals surface area contributed by atoms with Crippen LogP contribution >= 0.6 is 8.58 Å². The SMILES string of the molecule is COc1cccc(OC)c1C(=O)Pc1ccc(Oc2ccccc2)cc1Oc1ccccc1.[Li+]. The summed E-state index contributed by atoms with van der Waals surface area (Å²) < 4.78 is 22.9. The minimum Gasteiger partial charge on any atom is -0.496 e. The molecule has 0 radical (unpaired) electrons. The molecule has 1 atom stereocenters. The maximum atomic E-state index is 13.3. The maximum absolute atomic E-state index is 13.3. The van der Waals surface area contributed by atoms with E-state index in [1.54, 1.807) is 24.3 Å². The Morgan fingerprint density at radius 2 is 1.18 bits per heavy atom. The van der Waals surface area contributed by atoms with Crippen LogP contribution in [0.1, 0.15) is 10.4 Å². The summed E-state index contributed by atoms with van der Waals surface area (Å²) in [7, 11) is 2.86. The van der Waals surface area contributed by atoms with Crippen molar-refractivity contribution in [2.75, 3.05) is 14.2 Å². The van der Waals surface area contributed by atoms with Gasteiger partial charge >= 0.3 is 18.9 Å². The van der Waals surface area contributed by atoms with Gasteiger partial charge in [-0.05, 0) is 57.1 Å². The molecular weight excluding hydrogens is 442 g/mol. The molecule has 0 amide bonds. The first-order valence-corrected chi connectivity index (χ1v) is 11.3. The molecule has 0 fully saturated rings. The van der Waals surface area contributed by atoms with Crippen molar-refractivity contribution in [1.29, 1.82) is 0 Å². The van der Waals surface area contributed by atoms with Gasteiger partial charge in [0.25, 0.3) is 0 Å². The van der Waals surface area contributed by atoms with Gasteiger partial charge in [-0.1, -0.05) is 42.5 Å². The first kappa shape index (κ1) is 25.4. The third-order valence-corrected chi connectivity index (χ3v) is 5.97. The predicted octanol–water partition coefficient (Wildman–Crippen LogP) is 3.44. The number of hydrogen-bond acceptors (Lipinski definition) is 5. The number of methoxy groups -OCH3 is 2. The fraction of sp³-hybridized carbons (Fsp3) is 0.0741. The van der Waals surface area contributed by atoms with Crippen molar-refractivity contribution < 1.29 is 42.6 Å². The second kappa shape index (κ2) is 12.3. The van der Waals surface area contributed by atoms with Crippen LogP contribution in [-0.4, -0.2) is 19.7 Å². The monoisotopic (exact) mass is 465 g/mol. The van der Waals surface area contributed by atoms with E-state index in [4.69, 9.17) is 18.9 Å². The molecule has 0 aliphatic heterocycles. The molecule has 1 unspecified atom stereocenters. The van der Waals surface area contributed by atoms with E-state index in [1.165, 1.54) is 14.2 Å². The van der Waals surface area contributed by atoms with Crippen molar-refractivity contribution in [1.82, 2.24) is 0 Å². The first-order chi connectivity index (χ1) is 16.2. The molecule has 4 aromatic carbocycles. The fourth-order valence-corrected chi connectivity index (χ4v) is 4.28. The van der Waals surface area contributed by atoms with E-state index in [9.17, 15) is 4.79 Å². The van der Waals surface area contributed by atoms with Crippen LogP contribution in [0.25, 0.3) is 0 Å². The van der Waals surface area contributed by atoms with Gasteiger partial charge in [-0.2, -0.15) is 0 Å². The van der Waals surface area contributed by atoms with E-state index < -0.39 is 0 Å². The smallest absolute Gasteiger partial charge is 0.496 e. The zero-order valence-corrected chi connectivity index (χ0v) is 20.3. The summed E-state index contributed by atoms with van der Waals surface area (Å²) in [6.07, 6.45) is 0. The fourth-order valence-electron chi connectivity index (χ4n) is 3.25. The summed E-state index contributed by atoms with van der Waals surface area (Å²) in [4.78, 5) is 13.3. The molecule has 0 saturated carbocycles. The van der Waals surface area contributed by atoms with E-state index >= 15 is 0 Å². The number of hydrogen-bond donors (Lipinski definition) is 0. The summed E-state index contributed by atoms with van der Waals surface area (Å²) in [5.74, 6) is 3.50. The summed E-state index contributed by atoms with van der Waals surface area (Å²) in [5, 5.41) is 0.747. The van der Waals surface area contributed by atoms with Gasteiger partial charge in [-0.25, -0.2) is 0 Å². The van der Waals surface area contributed by atoms with Crippen LogP contribution in [0.3, 0.4) is 0 Å². The molecule has 0 heterocycles. The topological polar surface area (TPSA) is 54.0 Å². The van der Waals surface area contributed by atoms with Crippen molar-refractivity contribution >= 4 is 19.4 Å². The van der Waals surface area contributed by atoms with E-state index in [2.05, 4.69) is 0 Å². The quantitative estimate of drug-likeness (QED) is 0.280. The van der Waals surface area contributed by atoms with Gasteiger partial charge in [-0.15, -0.1) is 0 Å². The zero-order valence-electron chi connectivity index (χ0n) is 19.3. The first-order valence-electron chi connectivity index (χ1n) is 10.3. The van der Waals surface area contributed by atoms with Gasteiger partial charge in [-0.3, -0.25) is 4.79 Å². The number of benzene rings is 4. The van der Waals surface area contributed by atoms with Crippen molar-refractivity contribution in [3.05, 3.63) is 103 Å². The molecule has 166 valence electrons. The number of rotatable bonds is 9. The van der Waals surface area contributed by atoms with Crippen LogP contribution in [0.2, 0.25) is 0 Å². The van der Waals surface area contributed by atoms with Crippen molar-refractivity contribution in [3.63, 3.8) is 0 Å². The third kappa shape index (κ3) is 6.21. The Morgan fingerprint density at radius 1 is 0.618 bits per heavy atom. The third-order valence-electron chi connectivity index (χ3n) is 4.81. The Bertz CT molecular complexity index is 1210. The summed E-state index contributed by atoms with van der Waals surface area (Å²) in [5.41, 5.74) is 0.301. The molecule has 0 aliphatic carbocycles. The minimum atomic E-state index is -0.210. The molecule has 0 spiro atoms. The van der Waals surface area contributed by atoms with Crippen LogP contribution in [0.5, 0.6) is 34.5 Å². The normalized spacial score (nSPS) is 10.4. The van der Waals surface area contributed by atoms with Crippen LogP contribution < -0.4 is 43.1 Å². The molecule has 0 N–H and O–H groups in total. The average Bonchev–Trinajstić information content (AvgIpc) is 2.86. The molecule has 5 nitrogen and oxygen atoms in total.